The summed E-state index contributed by atoms with van der Waals surface area (Å²) in [5, 5.41) is 12.5. The van der Waals surface area contributed by atoms with Gasteiger partial charge in [-0.05, 0) is 63.8 Å². The Kier molecular flexibility index (Phi) is 6.16. The number of carbonyl (C=O) groups excluding carboxylic acids is 2. The third-order valence-electron chi connectivity index (χ3n) is 4.48. The average Bonchev–Trinajstić information content (AvgIpc) is 2.58. The molecule has 1 saturated carbocycles. The number of carbonyl (C=O) groups is 2. The van der Waals surface area contributed by atoms with Crippen molar-refractivity contribution in [2.75, 3.05) is 13.1 Å². The molecule has 2 rings (SSSR count). The Morgan fingerprint density at radius 1 is 1.04 bits per heavy atom. The van der Waals surface area contributed by atoms with Gasteiger partial charge in [-0.15, -0.1) is 0 Å². The first-order valence-electron chi connectivity index (χ1n) is 8.43. The van der Waals surface area contributed by atoms with Crippen LogP contribution in [0.5, 0.6) is 0 Å². The summed E-state index contributed by atoms with van der Waals surface area (Å²) in [4.78, 5) is 26.2. The van der Waals surface area contributed by atoms with Gasteiger partial charge < -0.3 is 15.3 Å². The second-order valence-electron chi connectivity index (χ2n) is 6.03. The lowest BCUT2D eigenvalue weighted by molar-refractivity contribution is 0.0772. The predicted octanol–water partition coefficient (Wildman–Crippen LogP) is 2.20. The normalized spacial score (nSPS) is 20.8. The van der Waals surface area contributed by atoms with Gasteiger partial charge in [0, 0.05) is 30.3 Å². The fourth-order valence-corrected chi connectivity index (χ4v) is 2.95. The first-order chi connectivity index (χ1) is 11.0. The van der Waals surface area contributed by atoms with Gasteiger partial charge in [-0.25, -0.2) is 0 Å². The van der Waals surface area contributed by atoms with Crippen molar-refractivity contribution in [3.05, 3.63) is 35.4 Å². The van der Waals surface area contributed by atoms with Crippen molar-refractivity contribution in [2.45, 2.75) is 51.7 Å². The summed E-state index contributed by atoms with van der Waals surface area (Å²) < 4.78 is 0. The molecule has 0 radical (unpaired) electrons. The van der Waals surface area contributed by atoms with E-state index in [9.17, 15) is 14.7 Å². The number of nitrogens with zero attached hydrogens (tertiary/aromatic N) is 1. The molecule has 1 aromatic carbocycles. The van der Waals surface area contributed by atoms with E-state index in [1.165, 1.54) is 0 Å². The molecule has 0 heterocycles. The topological polar surface area (TPSA) is 69.6 Å². The maximum Gasteiger partial charge on any atom is 0.253 e. The predicted molar refractivity (Wildman–Crippen MR) is 89.4 cm³/mol. The van der Waals surface area contributed by atoms with Gasteiger partial charge in [-0.2, -0.15) is 0 Å². The number of hydrogen-bond donors (Lipinski definition) is 2. The molecular formula is C18H26N2O3. The van der Waals surface area contributed by atoms with Gasteiger partial charge in [-0.3, -0.25) is 9.59 Å². The average molecular weight is 318 g/mol. The molecule has 1 aromatic rings. The first kappa shape index (κ1) is 17.5. The molecule has 126 valence electrons. The monoisotopic (exact) mass is 318 g/mol. The number of aliphatic hydroxyl groups excluding tert-OH is 1. The lowest BCUT2D eigenvalue weighted by atomic mass is 9.93. The van der Waals surface area contributed by atoms with Crippen molar-refractivity contribution in [3.63, 3.8) is 0 Å². The number of rotatable bonds is 5. The second kappa shape index (κ2) is 8.11. The SMILES string of the molecule is CCN(CC)C(=O)c1ccc(C(=O)NC2CCC(O)CC2)cc1. The van der Waals surface area contributed by atoms with Crippen LogP contribution in [0.4, 0.5) is 0 Å². The molecule has 0 bridgehead atoms. The standard InChI is InChI=1S/C18H26N2O3/c1-3-20(4-2)18(23)14-7-5-13(6-8-14)17(22)19-15-9-11-16(21)12-10-15/h5-8,15-16,21H,3-4,9-12H2,1-2H3,(H,19,22). The first-order valence-corrected chi connectivity index (χ1v) is 8.43. The van der Waals surface area contributed by atoms with Gasteiger partial charge in [0.2, 0.25) is 0 Å². The van der Waals surface area contributed by atoms with Crippen LogP contribution in [0.25, 0.3) is 0 Å². The Balaban J connectivity index is 1.96. The minimum absolute atomic E-state index is 0.0109. The summed E-state index contributed by atoms with van der Waals surface area (Å²) in [5.41, 5.74) is 1.17. The van der Waals surface area contributed by atoms with E-state index in [2.05, 4.69) is 5.32 Å². The highest BCUT2D eigenvalue weighted by Crippen LogP contribution is 2.19. The summed E-state index contributed by atoms with van der Waals surface area (Å²) in [6.07, 6.45) is 2.87. The largest absolute Gasteiger partial charge is 0.393 e. The van der Waals surface area contributed by atoms with Crippen LogP contribution in [0.1, 0.15) is 60.2 Å². The molecule has 1 aliphatic carbocycles. The highest BCUT2D eigenvalue weighted by atomic mass is 16.3. The molecule has 2 amide bonds. The number of amides is 2. The molecule has 1 aliphatic rings. The Labute approximate surface area is 137 Å². The number of hydrogen-bond acceptors (Lipinski definition) is 3. The van der Waals surface area contributed by atoms with Crippen LogP contribution in [0.15, 0.2) is 24.3 Å². The lowest BCUT2D eigenvalue weighted by Crippen LogP contribution is -2.38. The van der Waals surface area contributed by atoms with Crippen LogP contribution in [0.2, 0.25) is 0 Å². The highest BCUT2D eigenvalue weighted by Gasteiger charge is 2.21. The van der Waals surface area contributed by atoms with Crippen molar-refractivity contribution in [2.24, 2.45) is 0 Å². The van der Waals surface area contributed by atoms with E-state index in [4.69, 9.17) is 0 Å². The zero-order valence-corrected chi connectivity index (χ0v) is 13.9. The van der Waals surface area contributed by atoms with Crippen LogP contribution in [-0.4, -0.2) is 47.1 Å². The minimum atomic E-state index is -0.228. The zero-order valence-electron chi connectivity index (χ0n) is 13.9. The number of benzene rings is 1. The fraction of sp³-hybridized carbons (Fsp3) is 0.556. The fourth-order valence-electron chi connectivity index (χ4n) is 2.95. The molecular weight excluding hydrogens is 292 g/mol. The quantitative estimate of drug-likeness (QED) is 0.874. The maximum absolute atomic E-state index is 12.3. The molecule has 2 N–H and O–H groups in total. The van der Waals surface area contributed by atoms with Crippen molar-refractivity contribution in [1.29, 1.82) is 0 Å². The van der Waals surface area contributed by atoms with Gasteiger partial charge in [0.25, 0.3) is 11.8 Å². The third-order valence-corrected chi connectivity index (χ3v) is 4.48. The van der Waals surface area contributed by atoms with E-state index >= 15 is 0 Å². The van der Waals surface area contributed by atoms with E-state index < -0.39 is 0 Å². The molecule has 1 fully saturated rings. The Bertz CT molecular complexity index is 530. The smallest absolute Gasteiger partial charge is 0.253 e. The van der Waals surface area contributed by atoms with Gasteiger partial charge in [0.05, 0.1) is 6.10 Å². The minimum Gasteiger partial charge on any atom is -0.393 e. The van der Waals surface area contributed by atoms with Crippen molar-refractivity contribution < 1.29 is 14.7 Å². The molecule has 0 aliphatic heterocycles. The molecule has 5 heteroatoms. The van der Waals surface area contributed by atoms with Gasteiger partial charge in [0.15, 0.2) is 0 Å². The highest BCUT2D eigenvalue weighted by molar-refractivity contribution is 5.97. The van der Waals surface area contributed by atoms with E-state index in [1.807, 2.05) is 13.8 Å². The number of aliphatic hydroxyl groups is 1. The van der Waals surface area contributed by atoms with Crippen LogP contribution in [0, 0.1) is 0 Å². The van der Waals surface area contributed by atoms with Crippen molar-refractivity contribution >= 4 is 11.8 Å². The van der Waals surface area contributed by atoms with Crippen molar-refractivity contribution in [1.82, 2.24) is 10.2 Å². The number of nitrogens with one attached hydrogen (secondary N) is 1. The van der Waals surface area contributed by atoms with Gasteiger partial charge in [-0.1, -0.05) is 0 Å². The zero-order chi connectivity index (χ0) is 16.8. The molecule has 0 unspecified atom stereocenters. The van der Waals surface area contributed by atoms with Crippen LogP contribution < -0.4 is 5.32 Å². The molecule has 0 spiro atoms. The molecule has 0 aromatic heterocycles. The molecule has 0 saturated heterocycles. The summed E-state index contributed by atoms with van der Waals surface area (Å²) in [6.45, 7) is 5.24. The molecule has 0 atom stereocenters. The van der Waals surface area contributed by atoms with E-state index in [1.54, 1.807) is 29.2 Å². The Morgan fingerprint density at radius 3 is 2.09 bits per heavy atom. The Hall–Kier alpha value is -1.88. The van der Waals surface area contributed by atoms with E-state index in [0.717, 1.165) is 25.7 Å². The third kappa shape index (κ3) is 4.55. The Morgan fingerprint density at radius 2 is 1.57 bits per heavy atom. The summed E-state index contributed by atoms with van der Waals surface area (Å²) in [6, 6.07) is 6.94. The molecule has 5 nitrogen and oxygen atoms in total. The van der Waals surface area contributed by atoms with Gasteiger partial charge in [0.1, 0.15) is 0 Å². The van der Waals surface area contributed by atoms with Crippen molar-refractivity contribution in [3.8, 4) is 0 Å². The van der Waals surface area contributed by atoms with Crippen LogP contribution in [-0.2, 0) is 0 Å². The van der Waals surface area contributed by atoms with E-state index in [0.29, 0.717) is 24.2 Å². The van der Waals surface area contributed by atoms with Crippen LogP contribution >= 0.6 is 0 Å². The summed E-state index contributed by atoms with van der Waals surface area (Å²) in [7, 11) is 0. The lowest BCUT2D eigenvalue weighted by Gasteiger charge is -2.26. The van der Waals surface area contributed by atoms with Crippen LogP contribution in [0.3, 0.4) is 0 Å². The van der Waals surface area contributed by atoms with E-state index in [-0.39, 0.29) is 24.0 Å². The summed E-state index contributed by atoms with van der Waals surface area (Å²) >= 11 is 0. The summed E-state index contributed by atoms with van der Waals surface area (Å²) in [5.74, 6) is -0.128. The maximum atomic E-state index is 12.3. The van der Waals surface area contributed by atoms with Gasteiger partial charge >= 0.3 is 0 Å². The molecule has 23 heavy (non-hydrogen) atoms. The second-order valence-corrected chi connectivity index (χ2v) is 6.03.